The van der Waals surface area contributed by atoms with Gasteiger partial charge in [-0.25, -0.2) is 9.97 Å². The minimum atomic E-state index is 0.929. The van der Waals surface area contributed by atoms with Gasteiger partial charge < -0.3 is 4.98 Å². The number of nitrogens with zero attached hydrogens (tertiary/aromatic N) is 3. The molecule has 3 aromatic heterocycles. The van der Waals surface area contributed by atoms with E-state index < -0.39 is 0 Å². The summed E-state index contributed by atoms with van der Waals surface area (Å²) in [5, 5.41) is 1.04. The highest BCUT2D eigenvalue weighted by Crippen LogP contribution is 2.20. The smallest absolute Gasteiger partial charge is 0.116 e. The Morgan fingerprint density at radius 1 is 1.08 bits per heavy atom. The topological polar surface area (TPSA) is 54.5 Å². The van der Waals surface area contributed by atoms with Gasteiger partial charge in [0.1, 0.15) is 11.8 Å². The number of hydrogen-bond donors (Lipinski definition) is 1. The fraction of sp³-hybridized carbons (Fsp3) is 0. The lowest BCUT2D eigenvalue weighted by Gasteiger charge is -1.86. The third-order valence-electron chi connectivity index (χ3n) is 2.06. The predicted molar refractivity (Wildman–Crippen MR) is 49.2 cm³/mol. The van der Waals surface area contributed by atoms with E-state index in [0.717, 1.165) is 21.9 Å². The van der Waals surface area contributed by atoms with Gasteiger partial charge >= 0.3 is 0 Å². The summed E-state index contributed by atoms with van der Waals surface area (Å²) in [4.78, 5) is 15.4. The molecule has 0 saturated carbocycles. The number of pyridine rings is 1. The Morgan fingerprint density at radius 3 is 3.08 bits per heavy atom. The zero-order valence-corrected chi connectivity index (χ0v) is 6.73. The Bertz CT molecular complexity index is 519. The van der Waals surface area contributed by atoms with Gasteiger partial charge in [0, 0.05) is 17.8 Å². The fourth-order valence-electron chi connectivity index (χ4n) is 1.47. The van der Waals surface area contributed by atoms with Crippen molar-refractivity contribution in [1.82, 2.24) is 19.9 Å². The van der Waals surface area contributed by atoms with Crippen LogP contribution in [0.25, 0.3) is 21.9 Å². The van der Waals surface area contributed by atoms with Gasteiger partial charge in [-0.2, -0.15) is 0 Å². The highest BCUT2D eigenvalue weighted by molar-refractivity contribution is 6.03. The van der Waals surface area contributed by atoms with Crippen molar-refractivity contribution in [2.24, 2.45) is 0 Å². The molecule has 0 unspecified atom stereocenters. The van der Waals surface area contributed by atoms with Gasteiger partial charge in [0.2, 0.25) is 0 Å². The van der Waals surface area contributed by atoms with Gasteiger partial charge in [0.05, 0.1) is 17.2 Å². The molecule has 62 valence electrons. The first-order chi connectivity index (χ1) is 6.45. The van der Waals surface area contributed by atoms with Crippen LogP contribution in [0.4, 0.5) is 0 Å². The van der Waals surface area contributed by atoms with Crippen molar-refractivity contribution >= 4 is 21.9 Å². The summed E-state index contributed by atoms with van der Waals surface area (Å²) >= 11 is 0. The van der Waals surface area contributed by atoms with Crippen LogP contribution in [0.5, 0.6) is 0 Å². The summed E-state index contributed by atoms with van der Waals surface area (Å²) in [5.41, 5.74) is 2.93. The summed E-state index contributed by atoms with van der Waals surface area (Å²) in [6.07, 6.45) is 6.87. The second kappa shape index (κ2) is 2.26. The standard InChI is InChI=1S/C9H6N4/c1-2-10-3-6-7(1)13-8-4-11-5-12-9(6)8/h1-5,13H. The number of hydrogen-bond acceptors (Lipinski definition) is 3. The molecule has 0 fully saturated rings. The molecule has 3 heterocycles. The van der Waals surface area contributed by atoms with Crippen molar-refractivity contribution in [3.63, 3.8) is 0 Å². The van der Waals surface area contributed by atoms with Crippen LogP contribution in [0.15, 0.2) is 31.0 Å². The first-order valence-electron chi connectivity index (χ1n) is 3.96. The van der Waals surface area contributed by atoms with Gasteiger partial charge in [-0.3, -0.25) is 4.98 Å². The zero-order valence-electron chi connectivity index (χ0n) is 6.73. The summed E-state index contributed by atoms with van der Waals surface area (Å²) in [7, 11) is 0. The summed E-state index contributed by atoms with van der Waals surface area (Å²) in [6, 6.07) is 1.93. The van der Waals surface area contributed by atoms with Crippen molar-refractivity contribution in [3.05, 3.63) is 31.0 Å². The maximum atomic E-state index is 4.19. The molecule has 0 radical (unpaired) electrons. The van der Waals surface area contributed by atoms with Gasteiger partial charge in [0.15, 0.2) is 0 Å². The molecule has 0 spiro atoms. The molecule has 13 heavy (non-hydrogen) atoms. The average molecular weight is 170 g/mol. The molecule has 4 nitrogen and oxygen atoms in total. The van der Waals surface area contributed by atoms with E-state index >= 15 is 0 Å². The number of aromatic nitrogens is 4. The van der Waals surface area contributed by atoms with Crippen LogP contribution < -0.4 is 0 Å². The van der Waals surface area contributed by atoms with Crippen molar-refractivity contribution < 1.29 is 0 Å². The third kappa shape index (κ3) is 0.823. The van der Waals surface area contributed by atoms with Crippen molar-refractivity contribution in [3.8, 4) is 0 Å². The Balaban J connectivity index is 2.64. The van der Waals surface area contributed by atoms with Crippen LogP contribution in [-0.2, 0) is 0 Å². The molecule has 3 rings (SSSR count). The van der Waals surface area contributed by atoms with Crippen molar-refractivity contribution in [1.29, 1.82) is 0 Å². The summed E-state index contributed by atoms with van der Waals surface area (Å²) in [5.74, 6) is 0. The normalized spacial score (nSPS) is 11.1. The second-order valence-corrected chi connectivity index (χ2v) is 2.83. The van der Waals surface area contributed by atoms with Crippen LogP contribution in [-0.4, -0.2) is 19.9 Å². The number of H-pyrrole nitrogens is 1. The number of aromatic amines is 1. The van der Waals surface area contributed by atoms with E-state index in [1.165, 1.54) is 0 Å². The SMILES string of the molecule is c1cc2[nH]c3cncnc3c2cn1. The molecule has 0 bridgehead atoms. The van der Waals surface area contributed by atoms with E-state index in [1.54, 1.807) is 24.9 Å². The Labute approximate surface area is 73.7 Å². The van der Waals surface area contributed by atoms with Gasteiger partial charge in [-0.1, -0.05) is 0 Å². The number of fused-ring (bicyclic) bond motifs is 3. The quantitative estimate of drug-likeness (QED) is 0.556. The minimum absolute atomic E-state index is 0.929. The van der Waals surface area contributed by atoms with E-state index in [-0.39, 0.29) is 0 Å². The van der Waals surface area contributed by atoms with Crippen LogP contribution in [0.3, 0.4) is 0 Å². The van der Waals surface area contributed by atoms with Crippen LogP contribution in [0, 0.1) is 0 Å². The molecule has 0 amide bonds. The van der Waals surface area contributed by atoms with E-state index in [0.29, 0.717) is 0 Å². The molecular formula is C9H6N4. The monoisotopic (exact) mass is 170 g/mol. The molecular weight excluding hydrogens is 164 g/mol. The van der Waals surface area contributed by atoms with Gasteiger partial charge in [-0.05, 0) is 6.07 Å². The Kier molecular flexibility index (Phi) is 1.14. The van der Waals surface area contributed by atoms with E-state index in [1.807, 2.05) is 6.07 Å². The molecule has 0 atom stereocenters. The van der Waals surface area contributed by atoms with Gasteiger partial charge in [0.25, 0.3) is 0 Å². The zero-order chi connectivity index (χ0) is 8.67. The van der Waals surface area contributed by atoms with Crippen LogP contribution in [0.2, 0.25) is 0 Å². The molecule has 0 aromatic carbocycles. The third-order valence-corrected chi connectivity index (χ3v) is 2.06. The van der Waals surface area contributed by atoms with E-state index in [2.05, 4.69) is 19.9 Å². The molecule has 4 heteroatoms. The Hall–Kier alpha value is -1.97. The van der Waals surface area contributed by atoms with Crippen LogP contribution >= 0.6 is 0 Å². The maximum absolute atomic E-state index is 4.19. The van der Waals surface area contributed by atoms with Crippen molar-refractivity contribution in [2.75, 3.05) is 0 Å². The van der Waals surface area contributed by atoms with Crippen LogP contribution in [0.1, 0.15) is 0 Å². The molecule has 0 saturated heterocycles. The molecule has 0 aliphatic heterocycles. The summed E-state index contributed by atoms with van der Waals surface area (Å²) in [6.45, 7) is 0. The predicted octanol–water partition coefficient (Wildman–Crippen LogP) is 1.51. The average Bonchev–Trinajstić information content (AvgIpc) is 2.56. The van der Waals surface area contributed by atoms with Crippen molar-refractivity contribution in [2.45, 2.75) is 0 Å². The largest absolute Gasteiger partial charge is 0.352 e. The number of nitrogens with one attached hydrogen (secondary N) is 1. The van der Waals surface area contributed by atoms with E-state index in [9.17, 15) is 0 Å². The van der Waals surface area contributed by atoms with E-state index in [4.69, 9.17) is 0 Å². The maximum Gasteiger partial charge on any atom is 0.116 e. The highest BCUT2D eigenvalue weighted by atomic mass is 14.9. The lowest BCUT2D eigenvalue weighted by molar-refractivity contribution is 1.22. The highest BCUT2D eigenvalue weighted by Gasteiger charge is 2.03. The minimum Gasteiger partial charge on any atom is -0.352 e. The second-order valence-electron chi connectivity index (χ2n) is 2.83. The summed E-state index contributed by atoms with van der Waals surface area (Å²) < 4.78 is 0. The number of rotatable bonds is 0. The molecule has 0 aliphatic rings. The molecule has 3 aromatic rings. The molecule has 0 aliphatic carbocycles. The lowest BCUT2D eigenvalue weighted by Crippen LogP contribution is -1.76. The van der Waals surface area contributed by atoms with Gasteiger partial charge in [-0.15, -0.1) is 0 Å². The first kappa shape index (κ1) is 6.54. The fourth-order valence-corrected chi connectivity index (χ4v) is 1.47. The lowest BCUT2D eigenvalue weighted by atomic mass is 10.3. The first-order valence-corrected chi connectivity index (χ1v) is 3.96. The molecule has 1 N–H and O–H groups in total. The Morgan fingerprint density at radius 2 is 2.08 bits per heavy atom.